The fourth-order valence-electron chi connectivity index (χ4n) is 3.22. The number of halogens is 2. The zero-order chi connectivity index (χ0) is 18.8. The van der Waals surface area contributed by atoms with E-state index in [0.29, 0.717) is 28.7 Å². The van der Waals surface area contributed by atoms with E-state index in [-0.39, 0.29) is 5.91 Å². The predicted molar refractivity (Wildman–Crippen MR) is 109 cm³/mol. The Morgan fingerprint density at radius 2 is 1.78 bits per heavy atom. The second-order valence-electron chi connectivity index (χ2n) is 6.46. The maximum Gasteiger partial charge on any atom is 0.255 e. The quantitative estimate of drug-likeness (QED) is 0.649. The standard InChI is InChI=1S/C21H17Cl2N3O/c22-19-6-5-17(10-20(19)23)25-18-9-16(11-24-12-18)21(27)26-8-7-14-3-1-2-4-15(14)13-26/h1-6,9-12,25H,7-8,13H2. The Bertz CT molecular complexity index is 1010. The highest BCUT2D eigenvalue weighted by Crippen LogP contribution is 2.27. The molecule has 0 aliphatic carbocycles. The lowest BCUT2D eigenvalue weighted by molar-refractivity contribution is 0.0734. The van der Waals surface area contributed by atoms with Crippen LogP contribution < -0.4 is 5.32 Å². The first kappa shape index (κ1) is 17.8. The van der Waals surface area contributed by atoms with E-state index < -0.39 is 0 Å². The molecular formula is C21H17Cl2N3O. The lowest BCUT2D eigenvalue weighted by atomic mass is 9.99. The molecule has 0 radical (unpaired) electrons. The highest BCUT2D eigenvalue weighted by molar-refractivity contribution is 6.42. The third-order valence-electron chi connectivity index (χ3n) is 4.61. The Balaban J connectivity index is 1.52. The third-order valence-corrected chi connectivity index (χ3v) is 5.35. The van der Waals surface area contributed by atoms with E-state index in [1.807, 2.05) is 23.1 Å². The minimum Gasteiger partial charge on any atom is -0.354 e. The SMILES string of the molecule is O=C(c1cncc(Nc2ccc(Cl)c(Cl)c2)c1)N1CCc2ccccc2C1. The Kier molecular flexibility index (Phi) is 5.01. The average molecular weight is 398 g/mol. The van der Waals surface area contributed by atoms with Gasteiger partial charge in [0.15, 0.2) is 0 Å². The molecule has 0 atom stereocenters. The van der Waals surface area contributed by atoms with Crippen molar-refractivity contribution in [3.63, 3.8) is 0 Å². The number of anilines is 2. The molecule has 136 valence electrons. The molecule has 4 nitrogen and oxygen atoms in total. The number of fused-ring (bicyclic) bond motifs is 1. The highest BCUT2D eigenvalue weighted by Gasteiger charge is 2.22. The van der Waals surface area contributed by atoms with E-state index in [2.05, 4.69) is 22.4 Å². The number of pyridine rings is 1. The Labute approximate surface area is 167 Å². The van der Waals surface area contributed by atoms with Crippen LogP contribution in [0.15, 0.2) is 60.9 Å². The molecule has 1 amide bonds. The molecule has 0 bridgehead atoms. The van der Waals surface area contributed by atoms with Crippen molar-refractivity contribution in [1.29, 1.82) is 0 Å². The Morgan fingerprint density at radius 1 is 0.963 bits per heavy atom. The fourth-order valence-corrected chi connectivity index (χ4v) is 3.52. The maximum absolute atomic E-state index is 12.9. The summed E-state index contributed by atoms with van der Waals surface area (Å²) in [4.78, 5) is 19.0. The molecule has 4 rings (SSSR count). The van der Waals surface area contributed by atoms with Gasteiger partial charge in [-0.25, -0.2) is 0 Å². The number of aromatic nitrogens is 1. The maximum atomic E-state index is 12.9. The Morgan fingerprint density at radius 3 is 2.59 bits per heavy atom. The van der Waals surface area contributed by atoms with Gasteiger partial charge in [-0.05, 0) is 41.8 Å². The van der Waals surface area contributed by atoms with Crippen molar-refractivity contribution in [1.82, 2.24) is 9.88 Å². The molecule has 0 fully saturated rings. The number of amides is 1. The van der Waals surface area contributed by atoms with Gasteiger partial charge in [-0.2, -0.15) is 0 Å². The number of nitrogens with zero attached hydrogens (tertiary/aromatic N) is 2. The lowest BCUT2D eigenvalue weighted by Gasteiger charge is -2.29. The zero-order valence-corrected chi connectivity index (χ0v) is 16.0. The predicted octanol–water partition coefficient (Wildman–Crippen LogP) is 5.33. The number of nitrogens with one attached hydrogen (secondary N) is 1. The average Bonchev–Trinajstić information content (AvgIpc) is 2.70. The van der Waals surface area contributed by atoms with E-state index in [4.69, 9.17) is 23.2 Å². The second kappa shape index (κ2) is 7.59. The summed E-state index contributed by atoms with van der Waals surface area (Å²) in [6.45, 7) is 1.33. The van der Waals surface area contributed by atoms with Crippen LogP contribution in [0, 0.1) is 0 Å². The minimum atomic E-state index is -0.0187. The molecular weight excluding hydrogens is 381 g/mol. The highest BCUT2D eigenvalue weighted by atomic mass is 35.5. The van der Waals surface area contributed by atoms with Crippen LogP contribution in [0.4, 0.5) is 11.4 Å². The van der Waals surface area contributed by atoms with E-state index in [0.717, 1.165) is 17.8 Å². The van der Waals surface area contributed by atoms with Gasteiger partial charge in [0, 0.05) is 25.0 Å². The summed E-state index contributed by atoms with van der Waals surface area (Å²) in [6.07, 6.45) is 4.14. The smallest absolute Gasteiger partial charge is 0.255 e. The molecule has 0 spiro atoms. The minimum absolute atomic E-state index is 0.0187. The first-order valence-electron chi connectivity index (χ1n) is 8.63. The number of hydrogen-bond acceptors (Lipinski definition) is 3. The van der Waals surface area contributed by atoms with Gasteiger partial charge in [0.05, 0.1) is 27.5 Å². The van der Waals surface area contributed by atoms with E-state index >= 15 is 0 Å². The van der Waals surface area contributed by atoms with Crippen molar-refractivity contribution in [3.05, 3.63) is 87.7 Å². The molecule has 1 aromatic heterocycles. The summed E-state index contributed by atoms with van der Waals surface area (Å²) in [5, 5.41) is 4.17. The number of rotatable bonds is 3. The summed E-state index contributed by atoms with van der Waals surface area (Å²) < 4.78 is 0. The van der Waals surface area contributed by atoms with Crippen LogP contribution in [0.5, 0.6) is 0 Å². The van der Waals surface area contributed by atoms with Crippen molar-refractivity contribution >= 4 is 40.5 Å². The van der Waals surface area contributed by atoms with Gasteiger partial charge in [0.25, 0.3) is 5.91 Å². The number of carbonyl (C=O) groups is 1. The van der Waals surface area contributed by atoms with Crippen LogP contribution in [-0.4, -0.2) is 22.3 Å². The summed E-state index contributed by atoms with van der Waals surface area (Å²) >= 11 is 12.0. The monoisotopic (exact) mass is 397 g/mol. The van der Waals surface area contributed by atoms with Crippen LogP contribution in [0.25, 0.3) is 0 Å². The summed E-state index contributed by atoms with van der Waals surface area (Å²) in [5.74, 6) is -0.0187. The summed E-state index contributed by atoms with van der Waals surface area (Å²) in [7, 11) is 0. The van der Waals surface area contributed by atoms with Crippen LogP contribution >= 0.6 is 23.2 Å². The first-order chi connectivity index (χ1) is 13.1. The second-order valence-corrected chi connectivity index (χ2v) is 7.28. The van der Waals surface area contributed by atoms with Gasteiger partial charge in [-0.1, -0.05) is 47.5 Å². The normalized spacial score (nSPS) is 13.2. The van der Waals surface area contributed by atoms with Crippen molar-refractivity contribution in [2.24, 2.45) is 0 Å². The van der Waals surface area contributed by atoms with E-state index in [1.54, 1.807) is 30.6 Å². The van der Waals surface area contributed by atoms with E-state index in [1.165, 1.54) is 11.1 Å². The number of hydrogen-bond donors (Lipinski definition) is 1. The molecule has 2 heterocycles. The number of carbonyl (C=O) groups excluding carboxylic acids is 1. The molecule has 1 aliphatic rings. The number of benzene rings is 2. The molecule has 1 aliphatic heterocycles. The summed E-state index contributed by atoms with van der Waals surface area (Å²) in [6, 6.07) is 15.3. The summed E-state index contributed by atoms with van der Waals surface area (Å²) in [5.41, 5.74) is 4.57. The fraction of sp³-hybridized carbons (Fsp3) is 0.143. The van der Waals surface area contributed by atoms with Gasteiger partial charge < -0.3 is 10.2 Å². The largest absolute Gasteiger partial charge is 0.354 e. The van der Waals surface area contributed by atoms with Crippen LogP contribution in [0.1, 0.15) is 21.5 Å². The van der Waals surface area contributed by atoms with Crippen molar-refractivity contribution in [2.45, 2.75) is 13.0 Å². The first-order valence-corrected chi connectivity index (χ1v) is 9.39. The third kappa shape index (κ3) is 3.92. The van der Waals surface area contributed by atoms with Crippen molar-refractivity contribution in [2.75, 3.05) is 11.9 Å². The van der Waals surface area contributed by atoms with Crippen molar-refractivity contribution < 1.29 is 4.79 Å². The van der Waals surface area contributed by atoms with Gasteiger partial charge in [0.2, 0.25) is 0 Å². The van der Waals surface area contributed by atoms with Crippen molar-refractivity contribution in [3.8, 4) is 0 Å². The van der Waals surface area contributed by atoms with Gasteiger partial charge in [-0.15, -0.1) is 0 Å². The lowest BCUT2D eigenvalue weighted by Crippen LogP contribution is -2.36. The van der Waals surface area contributed by atoms with Gasteiger partial charge in [-0.3, -0.25) is 9.78 Å². The molecule has 27 heavy (non-hydrogen) atoms. The van der Waals surface area contributed by atoms with Crippen LogP contribution in [0.3, 0.4) is 0 Å². The topological polar surface area (TPSA) is 45.2 Å². The van der Waals surface area contributed by atoms with Gasteiger partial charge >= 0.3 is 0 Å². The molecule has 6 heteroatoms. The zero-order valence-electron chi connectivity index (χ0n) is 14.5. The molecule has 0 unspecified atom stereocenters. The molecule has 1 N–H and O–H groups in total. The van der Waals surface area contributed by atoms with Crippen LogP contribution in [0.2, 0.25) is 10.0 Å². The molecule has 0 saturated carbocycles. The molecule has 3 aromatic rings. The molecule has 2 aromatic carbocycles. The molecule has 0 saturated heterocycles. The van der Waals surface area contributed by atoms with Crippen LogP contribution in [-0.2, 0) is 13.0 Å². The van der Waals surface area contributed by atoms with E-state index in [9.17, 15) is 4.79 Å². The Hall–Kier alpha value is -2.56. The van der Waals surface area contributed by atoms with Gasteiger partial charge in [0.1, 0.15) is 0 Å².